The van der Waals surface area contributed by atoms with Gasteiger partial charge in [-0.05, 0) is 32.8 Å². The van der Waals surface area contributed by atoms with Gasteiger partial charge in [-0.25, -0.2) is 4.98 Å². The lowest BCUT2D eigenvalue weighted by Gasteiger charge is -2.25. The summed E-state index contributed by atoms with van der Waals surface area (Å²) >= 11 is 1.67. The molecule has 2 aromatic heterocycles. The molecule has 0 aromatic carbocycles. The first kappa shape index (κ1) is 16.2. The molecule has 0 amide bonds. The third-order valence-corrected chi connectivity index (χ3v) is 4.99. The summed E-state index contributed by atoms with van der Waals surface area (Å²) in [6, 6.07) is 0. The highest BCUT2D eigenvalue weighted by Crippen LogP contribution is 2.25. The van der Waals surface area contributed by atoms with Gasteiger partial charge >= 0.3 is 0 Å². The molecule has 5 nitrogen and oxygen atoms in total. The number of nitrogens with zero attached hydrogens (tertiary/aromatic N) is 4. The molecule has 0 bridgehead atoms. The highest BCUT2D eigenvalue weighted by molar-refractivity contribution is 7.13. The molecule has 1 aliphatic rings. The molecule has 0 saturated heterocycles. The fourth-order valence-electron chi connectivity index (χ4n) is 2.70. The van der Waals surface area contributed by atoms with E-state index >= 15 is 0 Å². The Balaban J connectivity index is 1.63. The number of hydrogen-bond donors (Lipinski definition) is 1. The minimum Gasteiger partial charge on any atom is -0.365 e. The minimum atomic E-state index is 0.0369. The third-order valence-electron chi connectivity index (χ3n) is 4.09. The van der Waals surface area contributed by atoms with Crippen LogP contribution in [0.2, 0.25) is 0 Å². The number of nitrogens with one attached hydrogen (secondary N) is 1. The molecular formula is C17H25N5S. The molecule has 0 spiro atoms. The molecule has 1 N–H and O–H groups in total. The summed E-state index contributed by atoms with van der Waals surface area (Å²) in [6.07, 6.45) is 7.56. The van der Waals surface area contributed by atoms with Gasteiger partial charge in [0.1, 0.15) is 0 Å². The summed E-state index contributed by atoms with van der Waals surface area (Å²) in [6.45, 7) is 9.49. The zero-order valence-electron chi connectivity index (χ0n) is 14.3. The van der Waals surface area contributed by atoms with Crippen molar-refractivity contribution in [2.24, 2.45) is 0 Å². The molecule has 0 aliphatic carbocycles. The molecule has 1 aliphatic heterocycles. The van der Waals surface area contributed by atoms with Crippen LogP contribution in [0.25, 0.3) is 5.57 Å². The summed E-state index contributed by atoms with van der Waals surface area (Å²) in [5.41, 5.74) is 3.85. The Kier molecular flexibility index (Phi) is 4.55. The van der Waals surface area contributed by atoms with E-state index in [2.05, 4.69) is 58.7 Å². The second kappa shape index (κ2) is 6.45. The SMILES string of the molecule is CNc1nc(CN2CC=C(c3cnn(C(C)(C)C)c3)CC2)cs1. The van der Waals surface area contributed by atoms with Gasteiger partial charge < -0.3 is 5.32 Å². The average Bonchev–Trinajstić information content (AvgIpc) is 3.16. The average molecular weight is 331 g/mol. The van der Waals surface area contributed by atoms with Crippen LogP contribution < -0.4 is 5.32 Å². The first-order valence-electron chi connectivity index (χ1n) is 8.05. The van der Waals surface area contributed by atoms with E-state index in [1.54, 1.807) is 11.3 Å². The number of hydrogen-bond acceptors (Lipinski definition) is 5. The van der Waals surface area contributed by atoms with Crippen molar-refractivity contribution in [1.29, 1.82) is 0 Å². The molecular weight excluding hydrogens is 306 g/mol. The Labute approximate surface area is 142 Å². The van der Waals surface area contributed by atoms with Crippen LogP contribution in [0, 0.1) is 0 Å². The maximum absolute atomic E-state index is 4.56. The lowest BCUT2D eigenvalue weighted by molar-refractivity contribution is 0.291. The van der Waals surface area contributed by atoms with Crippen LogP contribution in [0.3, 0.4) is 0 Å². The number of anilines is 1. The van der Waals surface area contributed by atoms with E-state index < -0.39 is 0 Å². The van der Waals surface area contributed by atoms with Crippen LogP contribution in [-0.4, -0.2) is 39.8 Å². The minimum absolute atomic E-state index is 0.0369. The Hall–Kier alpha value is -1.66. The predicted molar refractivity (Wildman–Crippen MR) is 96.8 cm³/mol. The van der Waals surface area contributed by atoms with Crippen LogP contribution in [0.4, 0.5) is 5.13 Å². The highest BCUT2D eigenvalue weighted by atomic mass is 32.1. The first-order valence-corrected chi connectivity index (χ1v) is 8.93. The van der Waals surface area contributed by atoms with Crippen molar-refractivity contribution in [3.05, 3.63) is 35.1 Å². The van der Waals surface area contributed by atoms with E-state index in [1.807, 2.05) is 17.9 Å². The number of thiazole rings is 1. The molecule has 0 fully saturated rings. The van der Waals surface area contributed by atoms with Crippen molar-refractivity contribution in [2.45, 2.75) is 39.3 Å². The van der Waals surface area contributed by atoms with E-state index in [0.717, 1.165) is 36.9 Å². The molecule has 3 rings (SSSR count). The first-order chi connectivity index (χ1) is 11.0. The van der Waals surface area contributed by atoms with Crippen LogP contribution in [-0.2, 0) is 12.1 Å². The van der Waals surface area contributed by atoms with Crippen molar-refractivity contribution >= 4 is 22.0 Å². The molecule has 0 atom stereocenters. The van der Waals surface area contributed by atoms with Gasteiger partial charge in [-0.2, -0.15) is 5.10 Å². The maximum Gasteiger partial charge on any atom is 0.182 e. The van der Waals surface area contributed by atoms with Crippen molar-refractivity contribution in [3.8, 4) is 0 Å². The van der Waals surface area contributed by atoms with Gasteiger partial charge in [0.05, 0.1) is 17.4 Å². The Morgan fingerprint density at radius 1 is 1.35 bits per heavy atom. The zero-order chi connectivity index (χ0) is 16.4. The van der Waals surface area contributed by atoms with E-state index in [-0.39, 0.29) is 5.54 Å². The van der Waals surface area contributed by atoms with E-state index in [4.69, 9.17) is 0 Å². The quantitative estimate of drug-likeness (QED) is 0.932. The maximum atomic E-state index is 4.56. The van der Waals surface area contributed by atoms with E-state index in [1.165, 1.54) is 11.1 Å². The van der Waals surface area contributed by atoms with Crippen molar-refractivity contribution in [1.82, 2.24) is 19.7 Å². The zero-order valence-corrected chi connectivity index (χ0v) is 15.2. The Morgan fingerprint density at radius 3 is 2.74 bits per heavy atom. The van der Waals surface area contributed by atoms with Crippen LogP contribution in [0.5, 0.6) is 0 Å². The lowest BCUT2D eigenvalue weighted by atomic mass is 10.0. The molecule has 0 radical (unpaired) electrons. The van der Waals surface area contributed by atoms with Gasteiger partial charge in [0.2, 0.25) is 0 Å². The molecule has 6 heteroatoms. The van der Waals surface area contributed by atoms with Gasteiger partial charge in [0, 0.05) is 43.8 Å². The van der Waals surface area contributed by atoms with Gasteiger partial charge in [-0.1, -0.05) is 6.08 Å². The van der Waals surface area contributed by atoms with Crippen LogP contribution in [0.1, 0.15) is 38.4 Å². The van der Waals surface area contributed by atoms with Crippen molar-refractivity contribution in [3.63, 3.8) is 0 Å². The Bertz CT molecular complexity index is 692. The summed E-state index contributed by atoms with van der Waals surface area (Å²) in [5, 5.41) is 10.7. The fourth-order valence-corrected chi connectivity index (χ4v) is 3.36. The Morgan fingerprint density at radius 2 is 2.17 bits per heavy atom. The molecule has 124 valence electrons. The lowest BCUT2D eigenvalue weighted by Crippen LogP contribution is -2.28. The molecule has 0 unspecified atom stereocenters. The van der Waals surface area contributed by atoms with Gasteiger partial charge in [0.25, 0.3) is 0 Å². The summed E-state index contributed by atoms with van der Waals surface area (Å²) in [5.74, 6) is 0. The molecule has 0 saturated carbocycles. The van der Waals surface area contributed by atoms with Crippen LogP contribution in [0.15, 0.2) is 23.8 Å². The monoisotopic (exact) mass is 331 g/mol. The third kappa shape index (κ3) is 3.82. The largest absolute Gasteiger partial charge is 0.365 e. The van der Waals surface area contributed by atoms with E-state index in [9.17, 15) is 0 Å². The van der Waals surface area contributed by atoms with Crippen molar-refractivity contribution in [2.75, 3.05) is 25.5 Å². The summed E-state index contributed by atoms with van der Waals surface area (Å²) < 4.78 is 2.05. The predicted octanol–water partition coefficient (Wildman–Crippen LogP) is 3.43. The second-order valence-corrected chi connectivity index (χ2v) is 7.81. The molecule has 23 heavy (non-hydrogen) atoms. The smallest absolute Gasteiger partial charge is 0.182 e. The summed E-state index contributed by atoms with van der Waals surface area (Å²) in [4.78, 5) is 7.00. The molecule has 2 aromatic rings. The second-order valence-electron chi connectivity index (χ2n) is 6.95. The van der Waals surface area contributed by atoms with Crippen LogP contribution >= 0.6 is 11.3 Å². The summed E-state index contributed by atoms with van der Waals surface area (Å²) in [7, 11) is 1.91. The molecule has 3 heterocycles. The van der Waals surface area contributed by atoms with E-state index in [0.29, 0.717) is 0 Å². The van der Waals surface area contributed by atoms with Gasteiger partial charge in [0.15, 0.2) is 5.13 Å². The number of aromatic nitrogens is 3. The van der Waals surface area contributed by atoms with Gasteiger partial charge in [-0.15, -0.1) is 11.3 Å². The van der Waals surface area contributed by atoms with Gasteiger partial charge in [-0.3, -0.25) is 9.58 Å². The standard InChI is InChI=1S/C17H25N5S/c1-17(2,3)22-10-14(9-19-22)13-5-7-21(8-6-13)11-15-12-23-16(18-4)20-15/h5,9-10,12H,6-8,11H2,1-4H3,(H,18,20). The van der Waals surface area contributed by atoms with Crippen molar-refractivity contribution < 1.29 is 0 Å². The topological polar surface area (TPSA) is 46.0 Å². The highest BCUT2D eigenvalue weighted by Gasteiger charge is 2.18. The normalized spacial score (nSPS) is 16.4. The fraction of sp³-hybridized carbons (Fsp3) is 0.529. The number of rotatable bonds is 4.